The van der Waals surface area contributed by atoms with Gasteiger partial charge in [0.25, 0.3) is 0 Å². The van der Waals surface area contributed by atoms with Gasteiger partial charge < -0.3 is 10.2 Å². The van der Waals surface area contributed by atoms with Crippen LogP contribution in [0.2, 0.25) is 0 Å². The van der Waals surface area contributed by atoms with Gasteiger partial charge >= 0.3 is 5.97 Å². The molecule has 0 bridgehead atoms. The van der Waals surface area contributed by atoms with Crippen molar-refractivity contribution in [2.45, 2.75) is 0 Å². The Balaban J connectivity index is 3.31. The van der Waals surface area contributed by atoms with E-state index in [-0.39, 0.29) is 12.4 Å². The third-order valence-electron chi connectivity index (χ3n) is 0.707. The molecule has 5 heteroatoms. The lowest BCUT2D eigenvalue weighted by Gasteiger charge is -1.92. The maximum atomic E-state index is 10.3. The molecule has 2 N–H and O–H groups in total. The number of aliphatic carboxylic acids is 1. The van der Waals surface area contributed by atoms with E-state index in [2.05, 4.69) is 0 Å². The molecule has 0 radical (unpaired) electrons. The second-order valence-electron chi connectivity index (χ2n) is 1.50. The third kappa shape index (κ3) is 4.34. The largest absolute Gasteiger partial charge is 0.475 e. The summed E-state index contributed by atoms with van der Waals surface area (Å²) >= 11 is 1.11. The number of carbonyl (C=O) groups is 2. The normalized spacial score (nSPS) is 9.30. The molecular weight excluding hydrogens is 156 g/mol. The van der Waals surface area contributed by atoms with E-state index in [1.165, 1.54) is 0 Å². The Morgan fingerprint density at radius 2 is 2.00 bits per heavy atom. The molecule has 0 heterocycles. The van der Waals surface area contributed by atoms with E-state index in [0.717, 1.165) is 11.8 Å². The smallest absolute Gasteiger partial charge is 0.373 e. The minimum Gasteiger partial charge on any atom is -0.475 e. The number of thioether (sulfide) groups is 1. The van der Waals surface area contributed by atoms with Crippen molar-refractivity contribution in [2.24, 2.45) is 0 Å². The lowest BCUT2D eigenvalue weighted by molar-refractivity contribution is -0.147. The fraction of sp³-hybridized carbons (Fsp3) is 0.600. The van der Waals surface area contributed by atoms with Crippen LogP contribution >= 0.6 is 11.8 Å². The summed E-state index contributed by atoms with van der Waals surface area (Å²) in [4.78, 5) is 20.2. The van der Waals surface area contributed by atoms with E-state index in [4.69, 9.17) is 10.2 Å². The van der Waals surface area contributed by atoms with Crippen LogP contribution in [0.25, 0.3) is 0 Å². The highest BCUT2D eigenvalue weighted by atomic mass is 32.2. The van der Waals surface area contributed by atoms with Crippen LogP contribution in [0.5, 0.6) is 0 Å². The molecule has 0 aromatic rings. The molecule has 0 aliphatic heterocycles. The SMILES string of the molecule is O=C(O)C(=O)CSCCO. The number of aliphatic hydroxyl groups is 1. The predicted molar refractivity (Wildman–Crippen MR) is 37.1 cm³/mol. The first kappa shape index (κ1) is 9.45. The lowest BCUT2D eigenvalue weighted by Crippen LogP contribution is -2.15. The van der Waals surface area contributed by atoms with E-state index in [1.807, 2.05) is 0 Å². The van der Waals surface area contributed by atoms with Gasteiger partial charge in [-0.15, -0.1) is 0 Å². The Morgan fingerprint density at radius 3 is 2.40 bits per heavy atom. The van der Waals surface area contributed by atoms with Gasteiger partial charge in [0.1, 0.15) is 0 Å². The fourth-order valence-corrected chi connectivity index (χ4v) is 0.873. The zero-order valence-electron chi connectivity index (χ0n) is 5.24. The first-order chi connectivity index (χ1) is 4.68. The minimum atomic E-state index is -1.41. The number of ketones is 1. The molecule has 58 valence electrons. The van der Waals surface area contributed by atoms with E-state index in [9.17, 15) is 9.59 Å². The van der Waals surface area contributed by atoms with Gasteiger partial charge in [0, 0.05) is 5.75 Å². The summed E-state index contributed by atoms with van der Waals surface area (Å²) in [5, 5.41) is 16.3. The Bertz CT molecular complexity index is 134. The Morgan fingerprint density at radius 1 is 1.40 bits per heavy atom. The number of Topliss-reactive ketones (excluding diaryl/α,β-unsaturated/α-hetero) is 1. The average molecular weight is 164 g/mol. The second kappa shape index (κ2) is 5.25. The molecule has 10 heavy (non-hydrogen) atoms. The summed E-state index contributed by atoms with van der Waals surface area (Å²) in [6.45, 7) is -0.0302. The van der Waals surface area contributed by atoms with Gasteiger partial charge in [-0.25, -0.2) is 4.79 Å². The highest BCUT2D eigenvalue weighted by Crippen LogP contribution is 1.97. The van der Waals surface area contributed by atoms with Gasteiger partial charge in [0.15, 0.2) is 0 Å². The highest BCUT2D eigenvalue weighted by molar-refractivity contribution is 8.00. The van der Waals surface area contributed by atoms with Crippen molar-refractivity contribution < 1.29 is 19.8 Å². The van der Waals surface area contributed by atoms with Gasteiger partial charge in [0.05, 0.1) is 12.4 Å². The van der Waals surface area contributed by atoms with Crippen LogP contribution in [0.15, 0.2) is 0 Å². The number of hydrogen-bond donors (Lipinski definition) is 2. The summed E-state index contributed by atoms with van der Waals surface area (Å²) < 4.78 is 0. The lowest BCUT2D eigenvalue weighted by atomic mass is 10.5. The molecule has 0 saturated heterocycles. The van der Waals surface area contributed by atoms with Gasteiger partial charge in [-0.2, -0.15) is 11.8 Å². The standard InChI is InChI=1S/C5H8O4S/c6-1-2-10-3-4(7)5(8)9/h6H,1-3H2,(H,8,9). The van der Waals surface area contributed by atoms with Crippen molar-refractivity contribution in [3.8, 4) is 0 Å². The average Bonchev–Trinajstić information content (AvgIpc) is 1.88. The van der Waals surface area contributed by atoms with E-state index in [1.54, 1.807) is 0 Å². The number of rotatable bonds is 5. The molecule has 4 nitrogen and oxygen atoms in total. The Labute approximate surface area is 62.2 Å². The van der Waals surface area contributed by atoms with Crippen LogP contribution in [0.3, 0.4) is 0 Å². The molecule has 0 saturated carbocycles. The Hall–Kier alpha value is -0.550. The summed E-state index contributed by atoms with van der Waals surface area (Å²) in [5.74, 6) is -1.89. The molecule has 0 aromatic heterocycles. The van der Waals surface area contributed by atoms with E-state index in [0.29, 0.717) is 5.75 Å². The molecule has 0 spiro atoms. The molecule has 0 aliphatic rings. The number of carboxylic acid groups (broad SMARTS) is 1. The molecule has 0 fully saturated rings. The second-order valence-corrected chi connectivity index (χ2v) is 2.61. The molecule has 0 atom stereocenters. The summed E-state index contributed by atoms with van der Waals surface area (Å²) in [6.07, 6.45) is 0. The molecule has 0 rings (SSSR count). The van der Waals surface area contributed by atoms with Crippen molar-refractivity contribution >= 4 is 23.5 Å². The first-order valence-corrected chi connectivity index (χ1v) is 3.78. The monoisotopic (exact) mass is 164 g/mol. The van der Waals surface area contributed by atoms with Crippen molar-refractivity contribution in [1.29, 1.82) is 0 Å². The molecular formula is C5H8O4S. The summed E-state index contributed by atoms with van der Waals surface area (Å²) in [5.41, 5.74) is 0. The minimum absolute atomic E-state index is 0.0302. The molecule has 0 amide bonds. The van der Waals surface area contributed by atoms with Crippen LogP contribution in [0, 0.1) is 0 Å². The van der Waals surface area contributed by atoms with Crippen molar-refractivity contribution in [3.63, 3.8) is 0 Å². The fourth-order valence-electron chi connectivity index (χ4n) is 0.291. The summed E-state index contributed by atoms with van der Waals surface area (Å²) in [7, 11) is 0. The van der Waals surface area contributed by atoms with Gasteiger partial charge in [0.2, 0.25) is 5.78 Å². The topological polar surface area (TPSA) is 74.6 Å². The predicted octanol–water partition coefficient (Wildman–Crippen LogP) is -0.634. The molecule has 0 aromatic carbocycles. The molecule has 0 aliphatic carbocycles. The van der Waals surface area contributed by atoms with Crippen LogP contribution in [-0.2, 0) is 9.59 Å². The molecule has 0 unspecified atom stereocenters. The third-order valence-corrected chi connectivity index (χ3v) is 1.64. The zero-order chi connectivity index (χ0) is 7.98. The van der Waals surface area contributed by atoms with E-state index >= 15 is 0 Å². The summed E-state index contributed by atoms with van der Waals surface area (Å²) in [6, 6.07) is 0. The van der Waals surface area contributed by atoms with Gasteiger partial charge in [-0.05, 0) is 0 Å². The number of carbonyl (C=O) groups excluding carboxylic acids is 1. The number of aliphatic hydroxyl groups excluding tert-OH is 1. The zero-order valence-corrected chi connectivity index (χ0v) is 6.06. The Kier molecular flexibility index (Phi) is 4.96. The van der Waals surface area contributed by atoms with Crippen LogP contribution < -0.4 is 0 Å². The number of hydrogen-bond acceptors (Lipinski definition) is 4. The maximum Gasteiger partial charge on any atom is 0.373 e. The van der Waals surface area contributed by atoms with Crippen LogP contribution in [0.4, 0.5) is 0 Å². The van der Waals surface area contributed by atoms with Crippen molar-refractivity contribution in [2.75, 3.05) is 18.1 Å². The van der Waals surface area contributed by atoms with Gasteiger partial charge in [-0.3, -0.25) is 4.79 Å². The highest BCUT2D eigenvalue weighted by Gasteiger charge is 2.09. The number of carboxylic acids is 1. The first-order valence-electron chi connectivity index (χ1n) is 2.63. The maximum absolute atomic E-state index is 10.3. The van der Waals surface area contributed by atoms with Crippen LogP contribution in [0.1, 0.15) is 0 Å². The quantitative estimate of drug-likeness (QED) is 0.418. The van der Waals surface area contributed by atoms with E-state index < -0.39 is 11.8 Å². The van der Waals surface area contributed by atoms with Crippen molar-refractivity contribution in [3.05, 3.63) is 0 Å². The van der Waals surface area contributed by atoms with Crippen LogP contribution in [-0.4, -0.2) is 40.1 Å². The van der Waals surface area contributed by atoms with Gasteiger partial charge in [-0.1, -0.05) is 0 Å². The van der Waals surface area contributed by atoms with Crippen molar-refractivity contribution in [1.82, 2.24) is 0 Å².